The molecule has 0 aliphatic carbocycles. The summed E-state index contributed by atoms with van der Waals surface area (Å²) in [7, 11) is 0. The topological polar surface area (TPSA) is 47.6 Å². The van der Waals surface area contributed by atoms with Crippen molar-refractivity contribution in [3.05, 3.63) is 0 Å². The van der Waals surface area contributed by atoms with E-state index in [0.29, 0.717) is 11.8 Å². The van der Waals surface area contributed by atoms with E-state index in [9.17, 15) is 4.79 Å². The highest BCUT2D eigenvalue weighted by molar-refractivity contribution is 5.81. The normalized spacial score (nSPS) is 33.0. The van der Waals surface area contributed by atoms with Gasteiger partial charge in [-0.15, -0.1) is 0 Å². The standard InChI is InChI=1S/C17H29NO3/c19-16(5-4-15-3-1-2-9-18-15)14-6-10-21-17(13-14)7-11-20-12-8-17/h14-15,18H,1-13H2. The molecule has 3 aliphatic rings. The van der Waals surface area contributed by atoms with Gasteiger partial charge >= 0.3 is 0 Å². The third-order valence-corrected chi connectivity index (χ3v) is 5.50. The van der Waals surface area contributed by atoms with Crippen LogP contribution in [0.25, 0.3) is 0 Å². The Bertz CT molecular complexity index is 340. The van der Waals surface area contributed by atoms with Gasteiger partial charge in [0.05, 0.1) is 5.60 Å². The Labute approximate surface area is 127 Å². The Kier molecular flexibility index (Phi) is 5.30. The summed E-state index contributed by atoms with van der Waals surface area (Å²) in [6.07, 6.45) is 9.36. The minimum absolute atomic E-state index is 0.0556. The van der Waals surface area contributed by atoms with Crippen LogP contribution in [-0.4, -0.2) is 43.8 Å². The molecule has 0 saturated carbocycles. The number of hydrogen-bond donors (Lipinski definition) is 1. The quantitative estimate of drug-likeness (QED) is 0.865. The van der Waals surface area contributed by atoms with Crippen molar-refractivity contribution in [1.82, 2.24) is 5.32 Å². The predicted molar refractivity (Wildman–Crippen MR) is 81.3 cm³/mol. The van der Waals surface area contributed by atoms with Crippen LogP contribution in [-0.2, 0) is 14.3 Å². The zero-order chi connectivity index (χ0) is 14.5. The molecular weight excluding hydrogens is 266 g/mol. The molecule has 1 N–H and O–H groups in total. The van der Waals surface area contributed by atoms with E-state index in [-0.39, 0.29) is 11.5 Å². The van der Waals surface area contributed by atoms with Crippen LogP contribution in [0, 0.1) is 5.92 Å². The lowest BCUT2D eigenvalue weighted by atomic mass is 9.78. The van der Waals surface area contributed by atoms with E-state index in [0.717, 1.165) is 64.9 Å². The van der Waals surface area contributed by atoms with Crippen molar-refractivity contribution >= 4 is 5.78 Å². The highest BCUT2D eigenvalue weighted by Crippen LogP contribution is 2.37. The van der Waals surface area contributed by atoms with Crippen molar-refractivity contribution in [1.29, 1.82) is 0 Å². The molecule has 2 unspecified atom stereocenters. The van der Waals surface area contributed by atoms with E-state index in [4.69, 9.17) is 9.47 Å². The summed E-state index contributed by atoms with van der Waals surface area (Å²) >= 11 is 0. The molecule has 2 atom stereocenters. The Hall–Kier alpha value is -0.450. The molecule has 3 fully saturated rings. The maximum absolute atomic E-state index is 12.6. The molecule has 0 aromatic heterocycles. The number of carbonyl (C=O) groups excluding carboxylic acids is 1. The second-order valence-electron chi connectivity index (χ2n) is 6.99. The first-order valence-corrected chi connectivity index (χ1v) is 8.75. The Morgan fingerprint density at radius 2 is 2.00 bits per heavy atom. The van der Waals surface area contributed by atoms with E-state index < -0.39 is 0 Å². The lowest BCUT2D eigenvalue weighted by molar-refractivity contribution is -0.157. The van der Waals surface area contributed by atoms with Gasteiger partial charge in [0.25, 0.3) is 0 Å². The van der Waals surface area contributed by atoms with E-state index in [1.165, 1.54) is 19.3 Å². The summed E-state index contributed by atoms with van der Waals surface area (Å²) in [5.41, 5.74) is -0.0556. The molecule has 3 heterocycles. The van der Waals surface area contributed by atoms with Crippen LogP contribution in [0.4, 0.5) is 0 Å². The monoisotopic (exact) mass is 295 g/mol. The number of piperidine rings is 1. The number of hydrogen-bond acceptors (Lipinski definition) is 4. The van der Waals surface area contributed by atoms with Crippen LogP contribution in [0.3, 0.4) is 0 Å². The molecular formula is C17H29NO3. The van der Waals surface area contributed by atoms with Gasteiger partial charge in [-0.2, -0.15) is 0 Å². The lowest BCUT2D eigenvalue weighted by Crippen LogP contribution is -2.46. The minimum Gasteiger partial charge on any atom is -0.381 e. The summed E-state index contributed by atoms with van der Waals surface area (Å²) in [5.74, 6) is 0.692. The summed E-state index contributed by atoms with van der Waals surface area (Å²) in [6, 6.07) is 0.569. The Morgan fingerprint density at radius 1 is 1.14 bits per heavy atom. The van der Waals surface area contributed by atoms with Crippen molar-refractivity contribution in [3.8, 4) is 0 Å². The van der Waals surface area contributed by atoms with Crippen molar-refractivity contribution in [3.63, 3.8) is 0 Å². The zero-order valence-corrected chi connectivity index (χ0v) is 13.1. The Balaban J connectivity index is 1.47. The third-order valence-electron chi connectivity index (χ3n) is 5.50. The SMILES string of the molecule is O=C(CCC1CCCCN1)C1CCOC2(CCOCC2)C1. The average molecular weight is 295 g/mol. The molecule has 0 aromatic rings. The molecule has 3 aliphatic heterocycles. The molecule has 21 heavy (non-hydrogen) atoms. The van der Waals surface area contributed by atoms with Gasteiger partial charge < -0.3 is 14.8 Å². The highest BCUT2D eigenvalue weighted by Gasteiger charge is 2.40. The maximum atomic E-state index is 12.6. The van der Waals surface area contributed by atoms with Crippen molar-refractivity contribution < 1.29 is 14.3 Å². The molecule has 3 saturated heterocycles. The fraction of sp³-hybridized carbons (Fsp3) is 0.941. The second-order valence-corrected chi connectivity index (χ2v) is 6.99. The van der Waals surface area contributed by atoms with Gasteiger partial charge in [0.2, 0.25) is 0 Å². The van der Waals surface area contributed by atoms with Gasteiger partial charge in [0.15, 0.2) is 0 Å². The number of ketones is 1. The molecule has 4 heteroatoms. The van der Waals surface area contributed by atoms with Gasteiger partial charge in [-0.25, -0.2) is 0 Å². The number of carbonyl (C=O) groups is 1. The summed E-state index contributed by atoms with van der Waals surface area (Å²) < 4.78 is 11.5. The Morgan fingerprint density at radius 3 is 2.76 bits per heavy atom. The van der Waals surface area contributed by atoms with Crippen molar-refractivity contribution in [2.75, 3.05) is 26.4 Å². The van der Waals surface area contributed by atoms with Gasteiger partial charge in [0.1, 0.15) is 5.78 Å². The molecule has 0 amide bonds. The zero-order valence-electron chi connectivity index (χ0n) is 13.1. The van der Waals surface area contributed by atoms with Crippen LogP contribution < -0.4 is 5.32 Å². The van der Waals surface area contributed by atoms with E-state index in [1.54, 1.807) is 0 Å². The smallest absolute Gasteiger partial charge is 0.136 e. The van der Waals surface area contributed by atoms with Crippen LogP contribution in [0.2, 0.25) is 0 Å². The number of rotatable bonds is 4. The van der Waals surface area contributed by atoms with Crippen molar-refractivity contribution in [2.24, 2.45) is 5.92 Å². The number of nitrogens with one attached hydrogen (secondary N) is 1. The van der Waals surface area contributed by atoms with Crippen molar-refractivity contribution in [2.45, 2.75) is 69.4 Å². The minimum atomic E-state index is -0.0556. The predicted octanol–water partition coefficient (Wildman–Crippen LogP) is 2.45. The van der Waals surface area contributed by atoms with Gasteiger partial charge in [-0.1, -0.05) is 6.42 Å². The fourth-order valence-corrected chi connectivity index (χ4v) is 4.09. The van der Waals surface area contributed by atoms with Gasteiger partial charge in [-0.3, -0.25) is 4.79 Å². The maximum Gasteiger partial charge on any atom is 0.136 e. The number of Topliss-reactive ketones (excluding diaryl/α,β-unsaturated/α-hetero) is 1. The van der Waals surface area contributed by atoms with Gasteiger partial charge in [-0.05, 0) is 51.5 Å². The lowest BCUT2D eigenvalue weighted by Gasteiger charge is -2.43. The highest BCUT2D eigenvalue weighted by atomic mass is 16.5. The second kappa shape index (κ2) is 7.21. The van der Waals surface area contributed by atoms with Crippen LogP contribution in [0.15, 0.2) is 0 Å². The molecule has 4 nitrogen and oxygen atoms in total. The average Bonchev–Trinajstić information content (AvgIpc) is 2.54. The third kappa shape index (κ3) is 4.05. The van der Waals surface area contributed by atoms with E-state index in [2.05, 4.69) is 5.32 Å². The largest absolute Gasteiger partial charge is 0.381 e. The molecule has 3 rings (SSSR count). The van der Waals surface area contributed by atoms with E-state index >= 15 is 0 Å². The summed E-state index contributed by atoms with van der Waals surface area (Å²) in [5, 5.41) is 3.54. The molecule has 120 valence electrons. The van der Waals surface area contributed by atoms with Crippen LogP contribution in [0.1, 0.15) is 57.8 Å². The van der Waals surface area contributed by atoms with Gasteiger partial charge in [0, 0.05) is 38.2 Å². The van der Waals surface area contributed by atoms with Crippen LogP contribution in [0.5, 0.6) is 0 Å². The van der Waals surface area contributed by atoms with Crippen LogP contribution >= 0.6 is 0 Å². The first-order chi connectivity index (χ1) is 10.3. The fourth-order valence-electron chi connectivity index (χ4n) is 4.09. The summed E-state index contributed by atoms with van der Waals surface area (Å²) in [6.45, 7) is 3.44. The summed E-state index contributed by atoms with van der Waals surface area (Å²) in [4.78, 5) is 12.6. The molecule has 0 radical (unpaired) electrons. The first-order valence-electron chi connectivity index (χ1n) is 8.75. The molecule has 0 aromatic carbocycles. The molecule has 0 bridgehead atoms. The molecule has 1 spiro atoms. The first kappa shape index (κ1) is 15.4. The number of ether oxygens (including phenoxy) is 2. The van der Waals surface area contributed by atoms with E-state index in [1.807, 2.05) is 0 Å².